The molecule has 1 aromatic heterocycles. The highest BCUT2D eigenvalue weighted by molar-refractivity contribution is 14.1. The van der Waals surface area contributed by atoms with Crippen LogP contribution >= 0.6 is 33.9 Å². The molecule has 0 saturated heterocycles. The molecule has 0 fully saturated rings. The van der Waals surface area contributed by atoms with Crippen molar-refractivity contribution in [1.29, 1.82) is 0 Å². The number of carboxylic acid groups (broad SMARTS) is 1. The van der Waals surface area contributed by atoms with Gasteiger partial charge in [-0.2, -0.15) is 0 Å². The number of carbonyl (C=O) groups is 2. The molecule has 0 atom stereocenters. The largest absolute Gasteiger partial charge is 0.478 e. The predicted molar refractivity (Wildman–Crippen MR) is 85.8 cm³/mol. The molecule has 4 nitrogen and oxygen atoms in total. The van der Waals surface area contributed by atoms with Crippen molar-refractivity contribution in [2.24, 2.45) is 0 Å². The van der Waals surface area contributed by atoms with Crippen molar-refractivity contribution < 1.29 is 14.7 Å². The van der Waals surface area contributed by atoms with Crippen LogP contribution in [0.5, 0.6) is 0 Å². The normalized spacial score (nSPS) is 13.3. The molecule has 0 radical (unpaired) electrons. The van der Waals surface area contributed by atoms with Crippen LogP contribution in [0.3, 0.4) is 0 Å². The van der Waals surface area contributed by atoms with Crippen molar-refractivity contribution in [2.75, 3.05) is 11.4 Å². The van der Waals surface area contributed by atoms with E-state index in [9.17, 15) is 9.59 Å². The monoisotopic (exact) mass is 399 g/mol. The standard InChI is InChI=1S/C14H10INO3S/c15-12-6-10(7-20-12)13(17)16-4-3-8-1-2-9(14(18)19)5-11(8)16/h1-2,5-7H,3-4H2,(H,18,19). The third kappa shape index (κ3) is 2.33. The number of hydrogen-bond acceptors (Lipinski definition) is 3. The topological polar surface area (TPSA) is 57.6 Å². The maximum atomic E-state index is 12.5. The van der Waals surface area contributed by atoms with Gasteiger partial charge < -0.3 is 10.0 Å². The molecule has 1 amide bonds. The Bertz CT molecular complexity index is 710. The number of amides is 1. The Balaban J connectivity index is 1.97. The van der Waals surface area contributed by atoms with E-state index in [1.165, 1.54) is 11.3 Å². The number of fused-ring (bicyclic) bond motifs is 1. The Morgan fingerprint density at radius 2 is 2.05 bits per heavy atom. The van der Waals surface area contributed by atoms with Crippen LogP contribution in [0.2, 0.25) is 0 Å². The second-order valence-corrected chi connectivity index (χ2v) is 7.30. The summed E-state index contributed by atoms with van der Waals surface area (Å²) in [7, 11) is 0. The summed E-state index contributed by atoms with van der Waals surface area (Å²) in [4.78, 5) is 25.2. The second kappa shape index (κ2) is 5.17. The van der Waals surface area contributed by atoms with Crippen molar-refractivity contribution in [2.45, 2.75) is 6.42 Å². The molecular weight excluding hydrogens is 389 g/mol. The van der Waals surface area contributed by atoms with Crippen LogP contribution in [0.1, 0.15) is 26.3 Å². The molecule has 0 aliphatic carbocycles. The first-order chi connectivity index (χ1) is 9.56. The smallest absolute Gasteiger partial charge is 0.335 e. The average molecular weight is 399 g/mol. The van der Waals surface area contributed by atoms with Gasteiger partial charge in [-0.05, 0) is 52.8 Å². The first-order valence-electron chi connectivity index (χ1n) is 5.98. The quantitative estimate of drug-likeness (QED) is 0.789. The summed E-state index contributed by atoms with van der Waals surface area (Å²) >= 11 is 3.71. The van der Waals surface area contributed by atoms with Gasteiger partial charge in [0.25, 0.3) is 5.91 Å². The van der Waals surface area contributed by atoms with E-state index in [2.05, 4.69) is 22.6 Å². The van der Waals surface area contributed by atoms with Crippen LogP contribution in [0.4, 0.5) is 5.69 Å². The van der Waals surface area contributed by atoms with Crippen LogP contribution in [-0.4, -0.2) is 23.5 Å². The highest BCUT2D eigenvalue weighted by atomic mass is 127. The molecule has 3 rings (SSSR count). The maximum absolute atomic E-state index is 12.5. The fraction of sp³-hybridized carbons (Fsp3) is 0.143. The van der Waals surface area contributed by atoms with E-state index < -0.39 is 5.97 Å². The number of thiophene rings is 1. The molecule has 1 N–H and O–H groups in total. The number of hydrogen-bond donors (Lipinski definition) is 1. The number of aromatic carboxylic acids is 1. The molecule has 1 aromatic carbocycles. The maximum Gasteiger partial charge on any atom is 0.335 e. The predicted octanol–water partition coefficient (Wildman–Crippen LogP) is 3.25. The minimum Gasteiger partial charge on any atom is -0.478 e. The van der Waals surface area contributed by atoms with Gasteiger partial charge in [0.15, 0.2) is 0 Å². The van der Waals surface area contributed by atoms with E-state index in [4.69, 9.17) is 5.11 Å². The van der Waals surface area contributed by atoms with E-state index in [1.54, 1.807) is 23.1 Å². The fourth-order valence-electron chi connectivity index (χ4n) is 2.30. The number of carbonyl (C=O) groups excluding carboxylic acids is 1. The van der Waals surface area contributed by atoms with Crippen LogP contribution in [-0.2, 0) is 6.42 Å². The third-order valence-electron chi connectivity index (χ3n) is 3.29. The number of nitrogens with zero attached hydrogens (tertiary/aromatic N) is 1. The summed E-state index contributed by atoms with van der Waals surface area (Å²) in [5, 5.41) is 10.9. The van der Waals surface area contributed by atoms with Crippen molar-refractivity contribution in [1.82, 2.24) is 0 Å². The lowest BCUT2D eigenvalue weighted by molar-refractivity contribution is 0.0696. The molecule has 6 heteroatoms. The highest BCUT2D eigenvalue weighted by Crippen LogP contribution is 2.31. The zero-order valence-electron chi connectivity index (χ0n) is 10.3. The fourth-order valence-corrected chi connectivity index (χ4v) is 3.62. The van der Waals surface area contributed by atoms with Crippen molar-refractivity contribution in [3.05, 3.63) is 49.2 Å². The molecule has 0 unspecified atom stereocenters. The molecule has 2 heterocycles. The molecule has 1 aliphatic rings. The van der Waals surface area contributed by atoms with Gasteiger partial charge in [-0.3, -0.25) is 4.79 Å². The van der Waals surface area contributed by atoms with Gasteiger partial charge in [0.1, 0.15) is 0 Å². The summed E-state index contributed by atoms with van der Waals surface area (Å²) in [5.74, 6) is -1.04. The molecule has 20 heavy (non-hydrogen) atoms. The summed E-state index contributed by atoms with van der Waals surface area (Å²) in [6.45, 7) is 0.601. The van der Waals surface area contributed by atoms with E-state index in [0.717, 1.165) is 20.6 Å². The van der Waals surface area contributed by atoms with Gasteiger partial charge in [0.2, 0.25) is 0 Å². The first kappa shape index (κ1) is 13.6. The summed E-state index contributed by atoms with van der Waals surface area (Å²) < 4.78 is 1.06. The lowest BCUT2D eigenvalue weighted by Gasteiger charge is -2.16. The Morgan fingerprint density at radius 3 is 2.70 bits per heavy atom. The summed E-state index contributed by atoms with van der Waals surface area (Å²) in [6.07, 6.45) is 0.766. The van der Waals surface area contributed by atoms with Crippen LogP contribution in [0.15, 0.2) is 29.6 Å². The van der Waals surface area contributed by atoms with Gasteiger partial charge in [0, 0.05) is 17.6 Å². The lowest BCUT2D eigenvalue weighted by atomic mass is 10.1. The van der Waals surface area contributed by atoms with E-state index in [0.29, 0.717) is 12.1 Å². The first-order valence-corrected chi connectivity index (χ1v) is 7.94. The van der Waals surface area contributed by atoms with Crippen LogP contribution < -0.4 is 4.90 Å². The second-order valence-electron chi connectivity index (χ2n) is 4.49. The highest BCUT2D eigenvalue weighted by Gasteiger charge is 2.27. The molecule has 102 valence electrons. The lowest BCUT2D eigenvalue weighted by Crippen LogP contribution is -2.28. The van der Waals surface area contributed by atoms with E-state index >= 15 is 0 Å². The molecular formula is C14H10INO3S. The van der Waals surface area contributed by atoms with Gasteiger partial charge >= 0.3 is 5.97 Å². The summed E-state index contributed by atoms with van der Waals surface area (Å²) in [5.41, 5.74) is 2.61. The molecule has 0 spiro atoms. The van der Waals surface area contributed by atoms with Gasteiger partial charge in [0.05, 0.1) is 14.0 Å². The van der Waals surface area contributed by atoms with Gasteiger partial charge in [-0.1, -0.05) is 6.07 Å². The zero-order chi connectivity index (χ0) is 14.3. The zero-order valence-corrected chi connectivity index (χ0v) is 13.3. The Kier molecular flexibility index (Phi) is 3.51. The van der Waals surface area contributed by atoms with E-state index in [1.807, 2.05) is 11.4 Å². The third-order valence-corrected chi connectivity index (χ3v) is 5.08. The number of carboxylic acids is 1. The molecule has 0 saturated carbocycles. The van der Waals surface area contributed by atoms with Crippen LogP contribution in [0.25, 0.3) is 0 Å². The number of benzene rings is 1. The van der Waals surface area contributed by atoms with Crippen molar-refractivity contribution in [3.63, 3.8) is 0 Å². The van der Waals surface area contributed by atoms with Crippen molar-refractivity contribution in [3.8, 4) is 0 Å². The van der Waals surface area contributed by atoms with Crippen LogP contribution in [0, 0.1) is 2.88 Å². The Hall–Kier alpha value is -1.41. The molecule has 0 bridgehead atoms. The summed E-state index contributed by atoms with van der Waals surface area (Å²) in [6, 6.07) is 6.82. The SMILES string of the molecule is O=C(O)c1ccc2c(c1)N(C(=O)c1csc(I)c1)CC2. The molecule has 2 aromatic rings. The Labute approximate surface area is 133 Å². The Morgan fingerprint density at radius 1 is 1.25 bits per heavy atom. The number of halogens is 1. The van der Waals surface area contributed by atoms with E-state index in [-0.39, 0.29) is 11.5 Å². The number of anilines is 1. The van der Waals surface area contributed by atoms with Gasteiger partial charge in [-0.15, -0.1) is 11.3 Å². The number of rotatable bonds is 2. The minimum atomic E-state index is -0.975. The minimum absolute atomic E-state index is 0.0644. The average Bonchev–Trinajstić information content (AvgIpc) is 3.03. The van der Waals surface area contributed by atoms with Gasteiger partial charge in [-0.25, -0.2) is 4.79 Å². The van der Waals surface area contributed by atoms with Crippen molar-refractivity contribution >= 4 is 51.5 Å². The molecule has 1 aliphatic heterocycles.